The van der Waals surface area contributed by atoms with Gasteiger partial charge in [-0.3, -0.25) is 0 Å². The van der Waals surface area contributed by atoms with Gasteiger partial charge in [0.1, 0.15) is 11.5 Å². The van der Waals surface area contributed by atoms with Crippen molar-refractivity contribution in [3.63, 3.8) is 0 Å². The van der Waals surface area contributed by atoms with Gasteiger partial charge in [-0.2, -0.15) is 0 Å². The lowest BCUT2D eigenvalue weighted by Gasteiger charge is -2.15. The van der Waals surface area contributed by atoms with Crippen molar-refractivity contribution in [2.75, 3.05) is 7.05 Å². The molecule has 0 aliphatic rings. The Kier molecular flexibility index (Phi) is 5.40. The van der Waals surface area contributed by atoms with Gasteiger partial charge in [0, 0.05) is 6.04 Å². The van der Waals surface area contributed by atoms with Crippen molar-refractivity contribution in [1.82, 2.24) is 5.32 Å². The highest BCUT2D eigenvalue weighted by atomic mass is 16.5. The molecule has 0 aliphatic carbocycles. The summed E-state index contributed by atoms with van der Waals surface area (Å²) in [6.07, 6.45) is 1.06. The first-order chi connectivity index (χ1) is 10.1. The van der Waals surface area contributed by atoms with Crippen LogP contribution in [0.15, 0.2) is 48.5 Å². The summed E-state index contributed by atoms with van der Waals surface area (Å²) in [5, 5.41) is 3.32. The molecule has 1 N–H and O–H groups in total. The molecule has 0 fully saturated rings. The first-order valence-corrected chi connectivity index (χ1v) is 7.69. The van der Waals surface area contributed by atoms with E-state index < -0.39 is 0 Å². The van der Waals surface area contributed by atoms with E-state index in [1.54, 1.807) is 0 Å². The second kappa shape index (κ2) is 7.28. The predicted molar refractivity (Wildman–Crippen MR) is 89.1 cm³/mol. The Bertz CT molecular complexity index is 556. The highest BCUT2D eigenvalue weighted by Gasteiger charge is 2.08. The first kappa shape index (κ1) is 15.6. The van der Waals surface area contributed by atoms with E-state index in [9.17, 15) is 0 Å². The molecule has 2 aromatic carbocycles. The molecule has 0 bridgehead atoms. The summed E-state index contributed by atoms with van der Waals surface area (Å²) in [6, 6.07) is 17.0. The van der Waals surface area contributed by atoms with Gasteiger partial charge in [-0.1, -0.05) is 45.0 Å². The third-order valence-electron chi connectivity index (χ3n) is 3.80. The van der Waals surface area contributed by atoms with Crippen LogP contribution in [0.1, 0.15) is 50.3 Å². The van der Waals surface area contributed by atoms with Gasteiger partial charge in [0.25, 0.3) is 0 Å². The highest BCUT2D eigenvalue weighted by Crippen LogP contribution is 2.27. The van der Waals surface area contributed by atoms with E-state index in [1.807, 2.05) is 31.3 Å². The Morgan fingerprint density at radius 1 is 0.952 bits per heavy atom. The van der Waals surface area contributed by atoms with Gasteiger partial charge in [-0.25, -0.2) is 0 Å². The zero-order valence-electron chi connectivity index (χ0n) is 13.4. The molecule has 112 valence electrons. The molecule has 0 spiro atoms. The number of nitrogens with one attached hydrogen (secondary N) is 1. The maximum Gasteiger partial charge on any atom is 0.127 e. The van der Waals surface area contributed by atoms with Crippen LogP contribution in [0, 0.1) is 0 Å². The lowest BCUT2D eigenvalue weighted by atomic mass is 10.0. The van der Waals surface area contributed by atoms with Crippen molar-refractivity contribution in [2.24, 2.45) is 0 Å². The minimum Gasteiger partial charge on any atom is -0.457 e. The van der Waals surface area contributed by atoms with Crippen LogP contribution in [0.5, 0.6) is 11.5 Å². The average molecular weight is 283 g/mol. The van der Waals surface area contributed by atoms with Crippen LogP contribution < -0.4 is 10.1 Å². The zero-order valence-corrected chi connectivity index (χ0v) is 13.4. The van der Waals surface area contributed by atoms with E-state index in [1.165, 1.54) is 11.1 Å². The third kappa shape index (κ3) is 4.08. The molecule has 2 heteroatoms. The van der Waals surface area contributed by atoms with E-state index >= 15 is 0 Å². The van der Waals surface area contributed by atoms with E-state index in [0.717, 1.165) is 17.9 Å². The van der Waals surface area contributed by atoms with E-state index in [4.69, 9.17) is 4.74 Å². The van der Waals surface area contributed by atoms with Crippen molar-refractivity contribution in [1.29, 1.82) is 0 Å². The van der Waals surface area contributed by atoms with Crippen molar-refractivity contribution in [2.45, 2.75) is 39.2 Å². The second-order valence-corrected chi connectivity index (χ2v) is 5.65. The predicted octanol–water partition coefficient (Wildman–Crippen LogP) is 5.27. The molecule has 0 aromatic heterocycles. The van der Waals surface area contributed by atoms with Gasteiger partial charge in [-0.15, -0.1) is 0 Å². The molecule has 0 radical (unpaired) electrons. The van der Waals surface area contributed by atoms with Gasteiger partial charge in [0.15, 0.2) is 0 Å². The number of hydrogen-bond donors (Lipinski definition) is 1. The minimum absolute atomic E-state index is 0.372. The highest BCUT2D eigenvalue weighted by molar-refractivity contribution is 5.36. The van der Waals surface area contributed by atoms with Crippen LogP contribution in [0.4, 0.5) is 0 Å². The molecule has 0 saturated carbocycles. The molecule has 2 rings (SSSR count). The van der Waals surface area contributed by atoms with E-state index in [-0.39, 0.29) is 0 Å². The van der Waals surface area contributed by atoms with Gasteiger partial charge in [-0.05, 0) is 54.8 Å². The maximum absolute atomic E-state index is 5.97. The molecule has 0 heterocycles. The SMILES string of the molecule is CCC(NC)c1cccc(Oc2ccc(C(C)C)cc2)c1. The Morgan fingerprint density at radius 2 is 1.67 bits per heavy atom. The number of ether oxygens (including phenoxy) is 1. The van der Waals surface area contributed by atoms with Gasteiger partial charge >= 0.3 is 0 Å². The Labute approximate surface area is 128 Å². The summed E-state index contributed by atoms with van der Waals surface area (Å²) in [7, 11) is 1.99. The van der Waals surface area contributed by atoms with Crippen LogP contribution in [0.25, 0.3) is 0 Å². The summed E-state index contributed by atoms with van der Waals surface area (Å²) in [5.74, 6) is 2.32. The normalized spacial score (nSPS) is 12.4. The summed E-state index contributed by atoms with van der Waals surface area (Å²) >= 11 is 0. The van der Waals surface area contributed by atoms with Crippen molar-refractivity contribution in [3.8, 4) is 11.5 Å². The lowest BCUT2D eigenvalue weighted by molar-refractivity contribution is 0.479. The minimum atomic E-state index is 0.372. The average Bonchev–Trinajstić information content (AvgIpc) is 2.49. The summed E-state index contributed by atoms with van der Waals surface area (Å²) < 4.78 is 5.97. The van der Waals surface area contributed by atoms with Gasteiger partial charge in [0.05, 0.1) is 0 Å². The summed E-state index contributed by atoms with van der Waals surface area (Å²) in [6.45, 7) is 6.57. The summed E-state index contributed by atoms with van der Waals surface area (Å²) in [4.78, 5) is 0. The summed E-state index contributed by atoms with van der Waals surface area (Å²) in [5.41, 5.74) is 2.59. The van der Waals surface area contributed by atoms with E-state index in [2.05, 4.69) is 50.4 Å². The van der Waals surface area contributed by atoms with Crippen LogP contribution >= 0.6 is 0 Å². The molecular weight excluding hydrogens is 258 g/mol. The maximum atomic E-state index is 5.97. The molecular formula is C19H25NO. The number of hydrogen-bond acceptors (Lipinski definition) is 2. The fourth-order valence-electron chi connectivity index (χ4n) is 2.46. The number of rotatable bonds is 6. The Balaban J connectivity index is 2.14. The Morgan fingerprint density at radius 3 is 2.24 bits per heavy atom. The van der Waals surface area contributed by atoms with Crippen LogP contribution in [-0.2, 0) is 0 Å². The quantitative estimate of drug-likeness (QED) is 0.779. The van der Waals surface area contributed by atoms with Gasteiger partial charge in [0.2, 0.25) is 0 Å². The smallest absolute Gasteiger partial charge is 0.127 e. The zero-order chi connectivity index (χ0) is 15.2. The fourth-order valence-corrected chi connectivity index (χ4v) is 2.46. The van der Waals surface area contributed by atoms with Crippen molar-refractivity contribution < 1.29 is 4.74 Å². The lowest BCUT2D eigenvalue weighted by Crippen LogP contribution is -2.14. The molecule has 1 atom stereocenters. The van der Waals surface area contributed by atoms with Crippen LogP contribution in [0.3, 0.4) is 0 Å². The molecule has 0 aliphatic heterocycles. The standard InChI is InChI=1S/C19H25NO/c1-5-19(20-4)16-7-6-8-18(13-16)21-17-11-9-15(10-12-17)14(2)3/h6-14,19-20H,5H2,1-4H3. The van der Waals surface area contributed by atoms with Crippen molar-refractivity contribution >= 4 is 0 Å². The van der Waals surface area contributed by atoms with Crippen molar-refractivity contribution in [3.05, 3.63) is 59.7 Å². The number of benzene rings is 2. The third-order valence-corrected chi connectivity index (χ3v) is 3.80. The van der Waals surface area contributed by atoms with E-state index in [0.29, 0.717) is 12.0 Å². The molecule has 21 heavy (non-hydrogen) atoms. The monoisotopic (exact) mass is 283 g/mol. The second-order valence-electron chi connectivity index (χ2n) is 5.65. The largest absolute Gasteiger partial charge is 0.457 e. The van der Waals surface area contributed by atoms with Gasteiger partial charge < -0.3 is 10.1 Å². The Hall–Kier alpha value is -1.80. The first-order valence-electron chi connectivity index (χ1n) is 7.69. The molecule has 0 amide bonds. The molecule has 0 saturated heterocycles. The fraction of sp³-hybridized carbons (Fsp3) is 0.368. The molecule has 1 unspecified atom stereocenters. The van der Waals surface area contributed by atoms with Crippen LogP contribution in [-0.4, -0.2) is 7.05 Å². The molecule has 2 aromatic rings. The molecule has 2 nitrogen and oxygen atoms in total. The van der Waals surface area contributed by atoms with Crippen LogP contribution in [0.2, 0.25) is 0 Å². The topological polar surface area (TPSA) is 21.3 Å².